The van der Waals surface area contributed by atoms with E-state index in [2.05, 4.69) is 9.88 Å². The number of amides is 1. The summed E-state index contributed by atoms with van der Waals surface area (Å²) in [6, 6.07) is 15.2. The minimum absolute atomic E-state index is 0.0251. The molecule has 2 aliphatic rings. The van der Waals surface area contributed by atoms with E-state index in [4.69, 9.17) is 9.47 Å². The summed E-state index contributed by atoms with van der Waals surface area (Å²) in [5.41, 5.74) is 2.54. The number of anilines is 2. The van der Waals surface area contributed by atoms with Gasteiger partial charge < -0.3 is 19.5 Å². The molecule has 2 saturated heterocycles. The first-order valence-corrected chi connectivity index (χ1v) is 12.3. The van der Waals surface area contributed by atoms with Crippen LogP contribution in [-0.2, 0) is 9.59 Å². The van der Waals surface area contributed by atoms with Crippen molar-refractivity contribution in [2.45, 2.75) is 25.3 Å². The molecule has 1 aromatic heterocycles. The van der Waals surface area contributed by atoms with Gasteiger partial charge in [0.25, 0.3) is 11.7 Å². The lowest BCUT2D eigenvalue weighted by molar-refractivity contribution is -0.132. The van der Waals surface area contributed by atoms with E-state index in [0.29, 0.717) is 22.7 Å². The molecule has 0 saturated carbocycles. The fraction of sp³-hybridized carbons (Fsp3) is 0.276. The highest BCUT2D eigenvalue weighted by molar-refractivity contribution is 6.51. The summed E-state index contributed by atoms with van der Waals surface area (Å²) < 4.78 is 10.8. The molecule has 1 unspecified atom stereocenters. The predicted octanol–water partition coefficient (Wildman–Crippen LogP) is 4.72. The molecule has 5 rings (SSSR count). The van der Waals surface area contributed by atoms with Crippen molar-refractivity contribution >= 4 is 28.8 Å². The van der Waals surface area contributed by atoms with Gasteiger partial charge in [0.1, 0.15) is 17.3 Å². The standard InChI is InChI=1S/C29H29N3O5/c1-36-22-10-11-24(37-2)23(18-22)27(33)25-26(19-12-14-30-15-13-19)32(29(35)28(25)34)21-8-6-20(7-9-21)31-16-4-3-5-17-31/h6-15,18,26,33H,3-5,16-17H2,1-2H3/b27-25+. The normalized spacial score (nSPS) is 19.2. The minimum atomic E-state index is -0.847. The number of pyridine rings is 1. The van der Waals surface area contributed by atoms with Crippen LogP contribution in [0.1, 0.15) is 36.4 Å². The fourth-order valence-corrected chi connectivity index (χ4v) is 5.08. The molecule has 8 heteroatoms. The summed E-state index contributed by atoms with van der Waals surface area (Å²) in [6.07, 6.45) is 6.75. The van der Waals surface area contributed by atoms with Crippen LogP contribution in [0.15, 0.2) is 72.6 Å². The molecular weight excluding hydrogens is 470 g/mol. The van der Waals surface area contributed by atoms with E-state index in [-0.39, 0.29) is 16.9 Å². The van der Waals surface area contributed by atoms with Gasteiger partial charge in [0.05, 0.1) is 31.4 Å². The first kappa shape index (κ1) is 24.4. The van der Waals surface area contributed by atoms with Gasteiger partial charge >= 0.3 is 0 Å². The van der Waals surface area contributed by atoms with Crippen LogP contribution in [0.5, 0.6) is 11.5 Å². The Bertz CT molecular complexity index is 1330. The topological polar surface area (TPSA) is 92.2 Å². The molecule has 0 aliphatic carbocycles. The number of ether oxygens (including phenoxy) is 2. The summed E-state index contributed by atoms with van der Waals surface area (Å²) in [6.45, 7) is 2.01. The summed E-state index contributed by atoms with van der Waals surface area (Å²) in [7, 11) is 2.98. The van der Waals surface area contributed by atoms with Crippen LogP contribution in [0.2, 0.25) is 0 Å². The van der Waals surface area contributed by atoms with E-state index in [9.17, 15) is 14.7 Å². The van der Waals surface area contributed by atoms with Crippen LogP contribution in [0.25, 0.3) is 5.76 Å². The molecule has 190 valence electrons. The Kier molecular flexibility index (Phi) is 6.81. The number of aliphatic hydroxyl groups is 1. The maximum atomic E-state index is 13.5. The highest BCUT2D eigenvalue weighted by Crippen LogP contribution is 2.44. The number of carbonyl (C=O) groups excluding carboxylic acids is 2. The van der Waals surface area contributed by atoms with Crippen molar-refractivity contribution in [2.24, 2.45) is 0 Å². The third-order valence-electron chi connectivity index (χ3n) is 6.98. The number of Topliss-reactive ketones (excluding diaryl/α,β-unsaturated/α-hetero) is 1. The second-order valence-corrected chi connectivity index (χ2v) is 9.08. The number of piperidine rings is 1. The average Bonchev–Trinajstić information content (AvgIpc) is 3.23. The lowest BCUT2D eigenvalue weighted by atomic mass is 9.95. The van der Waals surface area contributed by atoms with Crippen LogP contribution in [-0.4, -0.2) is 49.1 Å². The molecule has 3 aromatic rings. The van der Waals surface area contributed by atoms with Gasteiger partial charge in [-0.15, -0.1) is 0 Å². The molecule has 1 amide bonds. The number of nitrogens with zero attached hydrogens (tertiary/aromatic N) is 3. The fourth-order valence-electron chi connectivity index (χ4n) is 5.08. The second kappa shape index (κ2) is 10.3. The van der Waals surface area contributed by atoms with Gasteiger partial charge in [-0.3, -0.25) is 19.5 Å². The van der Waals surface area contributed by atoms with E-state index in [1.54, 1.807) is 42.7 Å². The van der Waals surface area contributed by atoms with E-state index < -0.39 is 17.7 Å². The molecule has 8 nitrogen and oxygen atoms in total. The predicted molar refractivity (Wildman–Crippen MR) is 141 cm³/mol. The Balaban J connectivity index is 1.63. The van der Waals surface area contributed by atoms with Crippen molar-refractivity contribution in [3.05, 3.63) is 83.7 Å². The lowest BCUT2D eigenvalue weighted by Crippen LogP contribution is -2.30. The van der Waals surface area contributed by atoms with Gasteiger partial charge in [0.2, 0.25) is 0 Å². The second-order valence-electron chi connectivity index (χ2n) is 9.08. The third-order valence-corrected chi connectivity index (χ3v) is 6.98. The number of carbonyl (C=O) groups is 2. The molecule has 1 atom stereocenters. The Morgan fingerprint density at radius 1 is 0.892 bits per heavy atom. The van der Waals surface area contributed by atoms with Gasteiger partial charge in [0.15, 0.2) is 0 Å². The zero-order chi connectivity index (χ0) is 25.9. The number of benzene rings is 2. The Morgan fingerprint density at radius 2 is 1.57 bits per heavy atom. The van der Waals surface area contributed by atoms with Gasteiger partial charge in [0, 0.05) is 36.9 Å². The summed E-state index contributed by atoms with van der Waals surface area (Å²) >= 11 is 0. The number of rotatable bonds is 6. The number of hydrogen-bond acceptors (Lipinski definition) is 7. The molecule has 1 N–H and O–H groups in total. The number of ketones is 1. The molecule has 0 radical (unpaired) electrons. The highest BCUT2D eigenvalue weighted by atomic mass is 16.5. The number of methoxy groups -OCH3 is 2. The quantitative estimate of drug-likeness (QED) is 0.298. The van der Waals surface area contributed by atoms with Crippen LogP contribution in [0.3, 0.4) is 0 Å². The van der Waals surface area contributed by atoms with Gasteiger partial charge in [-0.2, -0.15) is 0 Å². The molecule has 0 spiro atoms. The van der Waals surface area contributed by atoms with Crippen LogP contribution in [0.4, 0.5) is 11.4 Å². The zero-order valence-corrected chi connectivity index (χ0v) is 20.9. The van der Waals surface area contributed by atoms with Crippen molar-refractivity contribution in [1.82, 2.24) is 4.98 Å². The summed E-state index contributed by atoms with van der Waals surface area (Å²) in [4.78, 5) is 34.8. The lowest BCUT2D eigenvalue weighted by Gasteiger charge is -2.30. The van der Waals surface area contributed by atoms with Crippen LogP contribution in [0, 0.1) is 0 Å². The van der Waals surface area contributed by atoms with Gasteiger partial charge in [-0.1, -0.05) is 0 Å². The van der Waals surface area contributed by atoms with E-state index in [1.165, 1.54) is 25.5 Å². The minimum Gasteiger partial charge on any atom is -0.507 e. The summed E-state index contributed by atoms with van der Waals surface area (Å²) in [5, 5.41) is 11.5. The third kappa shape index (κ3) is 4.50. The first-order valence-electron chi connectivity index (χ1n) is 12.3. The number of aliphatic hydroxyl groups excluding tert-OH is 1. The van der Waals surface area contributed by atoms with Gasteiger partial charge in [-0.05, 0) is 79.4 Å². The van der Waals surface area contributed by atoms with Crippen molar-refractivity contribution in [2.75, 3.05) is 37.1 Å². The summed E-state index contributed by atoms with van der Waals surface area (Å²) in [5.74, 6) is -0.988. The molecule has 2 aliphatic heterocycles. The molecule has 3 heterocycles. The molecular formula is C29H29N3O5. The Labute approximate surface area is 215 Å². The average molecular weight is 500 g/mol. The maximum Gasteiger partial charge on any atom is 0.300 e. The highest BCUT2D eigenvalue weighted by Gasteiger charge is 2.47. The molecule has 37 heavy (non-hydrogen) atoms. The SMILES string of the molecule is COc1ccc(OC)c(/C(O)=C2\C(=O)C(=O)N(c3ccc(N4CCCCC4)cc3)C2c2ccncc2)c1. The Hall–Kier alpha value is -4.33. The Morgan fingerprint density at radius 3 is 2.22 bits per heavy atom. The number of hydrogen-bond donors (Lipinski definition) is 1. The molecule has 0 bridgehead atoms. The van der Waals surface area contributed by atoms with Crippen molar-refractivity contribution in [3.63, 3.8) is 0 Å². The first-order chi connectivity index (χ1) is 18.0. The number of aromatic nitrogens is 1. The monoisotopic (exact) mass is 499 g/mol. The van der Waals surface area contributed by atoms with E-state index in [1.807, 2.05) is 24.3 Å². The van der Waals surface area contributed by atoms with Crippen molar-refractivity contribution in [1.29, 1.82) is 0 Å². The van der Waals surface area contributed by atoms with Gasteiger partial charge in [-0.25, -0.2) is 0 Å². The van der Waals surface area contributed by atoms with Crippen LogP contribution >= 0.6 is 0 Å². The van der Waals surface area contributed by atoms with Crippen molar-refractivity contribution in [3.8, 4) is 11.5 Å². The van der Waals surface area contributed by atoms with Crippen molar-refractivity contribution < 1.29 is 24.2 Å². The maximum absolute atomic E-state index is 13.5. The zero-order valence-electron chi connectivity index (χ0n) is 20.9. The van der Waals surface area contributed by atoms with Crippen LogP contribution < -0.4 is 19.3 Å². The van der Waals surface area contributed by atoms with E-state index in [0.717, 1.165) is 31.6 Å². The molecule has 2 aromatic carbocycles. The molecule has 2 fully saturated rings. The smallest absolute Gasteiger partial charge is 0.300 e. The largest absolute Gasteiger partial charge is 0.507 e. The van der Waals surface area contributed by atoms with E-state index >= 15 is 0 Å².